The van der Waals surface area contributed by atoms with Crippen LogP contribution >= 0.6 is 0 Å². The Morgan fingerprint density at radius 3 is 0.778 bits per heavy atom. The molecule has 0 aromatic heterocycles. The van der Waals surface area contributed by atoms with Gasteiger partial charge in [-0.2, -0.15) is 0 Å². The van der Waals surface area contributed by atoms with Gasteiger partial charge in [0.25, 0.3) is 0 Å². The van der Waals surface area contributed by atoms with Crippen molar-refractivity contribution in [2.24, 2.45) is 0 Å². The standard InChI is InChI=1S/2CH2O3.W/c2*2-1(3)4;/h2*(H2,2,3,4);/q;;+4/p-4. The number of rotatable bonds is 0. The molecule has 0 rings (SSSR count). The van der Waals surface area contributed by atoms with E-state index in [0.717, 1.165) is 0 Å². The van der Waals surface area contributed by atoms with Gasteiger partial charge in [0, 0.05) is 0 Å². The molecule has 6 nitrogen and oxygen atoms in total. The molecule has 0 bridgehead atoms. The van der Waals surface area contributed by atoms with E-state index < -0.39 is 12.3 Å². The molecule has 0 saturated carbocycles. The van der Waals surface area contributed by atoms with Crippen LogP contribution in [0.4, 0.5) is 9.59 Å². The average molecular weight is 304 g/mol. The summed E-state index contributed by atoms with van der Waals surface area (Å²) in [6, 6.07) is 0. The van der Waals surface area contributed by atoms with E-state index in [1.54, 1.807) is 0 Å². The molecule has 0 saturated heterocycles. The molecule has 9 heavy (non-hydrogen) atoms. The van der Waals surface area contributed by atoms with E-state index in [2.05, 4.69) is 0 Å². The summed E-state index contributed by atoms with van der Waals surface area (Å²) >= 11 is 0. The molecule has 0 aliphatic heterocycles. The largest absolute Gasteiger partial charge is 4.00 e. The van der Waals surface area contributed by atoms with Gasteiger partial charge in [-0.05, 0) is 12.3 Å². The van der Waals surface area contributed by atoms with Gasteiger partial charge >= 0.3 is 21.1 Å². The molecule has 0 amide bonds. The van der Waals surface area contributed by atoms with Crippen molar-refractivity contribution < 1.29 is 51.1 Å². The summed E-state index contributed by atoms with van der Waals surface area (Å²) in [4.78, 5) is 16.7. The van der Waals surface area contributed by atoms with E-state index in [1.165, 1.54) is 0 Å². The number of carbonyl (C=O) groups excluding carboxylic acids is 2. The second-order valence-electron chi connectivity index (χ2n) is 0.500. The summed E-state index contributed by atoms with van der Waals surface area (Å²) in [7, 11) is 0. The van der Waals surface area contributed by atoms with Crippen molar-refractivity contribution >= 4 is 12.3 Å². The summed E-state index contributed by atoms with van der Waals surface area (Å²) in [6.07, 6.45) is -4.67. The van der Waals surface area contributed by atoms with Crippen LogP contribution in [0.3, 0.4) is 0 Å². The third kappa shape index (κ3) is 332. The molecule has 0 fully saturated rings. The Labute approximate surface area is 64.0 Å². The summed E-state index contributed by atoms with van der Waals surface area (Å²) in [5, 5.41) is 33.3. The van der Waals surface area contributed by atoms with Gasteiger partial charge in [0.15, 0.2) is 0 Å². The molecule has 0 heterocycles. The van der Waals surface area contributed by atoms with Crippen LogP contribution in [0.5, 0.6) is 0 Å². The van der Waals surface area contributed by atoms with E-state index in [-0.39, 0.29) is 21.1 Å². The summed E-state index contributed by atoms with van der Waals surface area (Å²) in [5.74, 6) is 0. The Hall–Kier alpha value is -0.772. The fourth-order valence-corrected chi connectivity index (χ4v) is 0. The maximum absolute atomic E-state index is 8.33. The average Bonchev–Trinajstić information content (AvgIpc) is 1.25. The molecule has 7 heteroatoms. The molecular formula is C2O6W. The quantitative estimate of drug-likeness (QED) is 0.441. The number of carboxylic acid groups (broad SMARTS) is 4. The van der Waals surface area contributed by atoms with Crippen molar-refractivity contribution in [1.29, 1.82) is 0 Å². The minimum absolute atomic E-state index is 0. The minimum Gasteiger partial charge on any atom is -0.652 e. The first-order valence-electron chi connectivity index (χ1n) is 1.22. The maximum atomic E-state index is 8.33. The second kappa shape index (κ2) is 10.3. The van der Waals surface area contributed by atoms with Crippen LogP contribution in [0.15, 0.2) is 0 Å². The van der Waals surface area contributed by atoms with E-state index in [4.69, 9.17) is 30.0 Å². The van der Waals surface area contributed by atoms with Crippen LogP contribution in [0.1, 0.15) is 0 Å². The number of carbonyl (C=O) groups is 2. The molecule has 0 radical (unpaired) electrons. The first kappa shape index (κ1) is 15.7. The smallest absolute Gasteiger partial charge is 0.652 e. The van der Waals surface area contributed by atoms with Crippen molar-refractivity contribution in [2.45, 2.75) is 0 Å². The van der Waals surface area contributed by atoms with Gasteiger partial charge in [-0.25, -0.2) is 0 Å². The Kier molecular flexibility index (Phi) is 17.9. The van der Waals surface area contributed by atoms with Crippen LogP contribution in [0.2, 0.25) is 0 Å². The van der Waals surface area contributed by atoms with Crippen LogP contribution in [0, 0.1) is 0 Å². The molecule has 0 aliphatic rings. The Morgan fingerprint density at radius 1 is 0.778 bits per heavy atom. The van der Waals surface area contributed by atoms with Gasteiger partial charge < -0.3 is 30.0 Å². The summed E-state index contributed by atoms with van der Waals surface area (Å²) in [5.41, 5.74) is 0. The van der Waals surface area contributed by atoms with Crippen molar-refractivity contribution in [1.82, 2.24) is 0 Å². The summed E-state index contributed by atoms with van der Waals surface area (Å²) in [6.45, 7) is 0. The molecule has 0 aliphatic carbocycles. The predicted molar refractivity (Wildman–Crippen MR) is 10.8 cm³/mol. The molecular weight excluding hydrogens is 304 g/mol. The fraction of sp³-hybridized carbons (Fsp3) is 0. The summed E-state index contributed by atoms with van der Waals surface area (Å²) < 4.78 is 0. The Bertz CT molecular complexity index is 69.1. The van der Waals surface area contributed by atoms with Crippen LogP contribution in [0.25, 0.3) is 0 Å². The van der Waals surface area contributed by atoms with Crippen molar-refractivity contribution in [3.63, 3.8) is 0 Å². The van der Waals surface area contributed by atoms with E-state index >= 15 is 0 Å². The van der Waals surface area contributed by atoms with Crippen molar-refractivity contribution in [3.8, 4) is 0 Å². The van der Waals surface area contributed by atoms with E-state index in [9.17, 15) is 0 Å². The molecule has 0 unspecified atom stereocenters. The van der Waals surface area contributed by atoms with Gasteiger partial charge in [-0.1, -0.05) is 0 Å². The molecule has 50 valence electrons. The van der Waals surface area contributed by atoms with Gasteiger partial charge in [0.2, 0.25) is 0 Å². The van der Waals surface area contributed by atoms with Gasteiger partial charge in [0.05, 0.1) is 0 Å². The molecule has 0 aromatic carbocycles. The fourth-order valence-electron chi connectivity index (χ4n) is 0. The Balaban J connectivity index is -0.0000000720. The van der Waals surface area contributed by atoms with Gasteiger partial charge in [-0.3, -0.25) is 0 Å². The number of hydrogen-bond acceptors (Lipinski definition) is 6. The predicted octanol–water partition coefficient (Wildman–Crippen LogP) is -4.90. The molecule has 0 N–H and O–H groups in total. The third-order valence-corrected chi connectivity index (χ3v) is 0. The zero-order valence-corrected chi connectivity index (χ0v) is 6.79. The third-order valence-electron chi connectivity index (χ3n) is 0. The molecule has 0 aromatic rings. The van der Waals surface area contributed by atoms with Crippen LogP contribution in [-0.4, -0.2) is 12.3 Å². The molecule has 0 spiro atoms. The first-order chi connectivity index (χ1) is 3.46. The molecule has 0 atom stereocenters. The topological polar surface area (TPSA) is 126 Å². The van der Waals surface area contributed by atoms with Crippen LogP contribution in [-0.2, 0) is 21.1 Å². The monoisotopic (exact) mass is 304 g/mol. The SMILES string of the molecule is O=C([O-])[O-].O=C([O-])[O-].[W+4]. The van der Waals surface area contributed by atoms with Gasteiger partial charge in [0.1, 0.15) is 0 Å². The first-order valence-corrected chi connectivity index (χ1v) is 1.22. The zero-order chi connectivity index (χ0) is 7.15. The van der Waals surface area contributed by atoms with E-state index in [1.807, 2.05) is 0 Å². The van der Waals surface area contributed by atoms with Crippen molar-refractivity contribution in [2.75, 3.05) is 0 Å². The maximum Gasteiger partial charge on any atom is 4.00 e. The van der Waals surface area contributed by atoms with Gasteiger partial charge in [-0.15, -0.1) is 0 Å². The van der Waals surface area contributed by atoms with E-state index in [0.29, 0.717) is 0 Å². The van der Waals surface area contributed by atoms with Crippen LogP contribution < -0.4 is 20.4 Å². The normalized spacial score (nSPS) is 5.33. The number of hydrogen-bond donors (Lipinski definition) is 0. The van der Waals surface area contributed by atoms with Crippen molar-refractivity contribution in [3.05, 3.63) is 0 Å². The minimum atomic E-state index is -2.33. The Morgan fingerprint density at radius 2 is 0.778 bits per heavy atom. The second-order valence-corrected chi connectivity index (χ2v) is 0.500. The zero-order valence-electron chi connectivity index (χ0n) is 3.86.